The van der Waals surface area contributed by atoms with Crippen LogP contribution in [0.5, 0.6) is 0 Å². The van der Waals surface area contributed by atoms with Crippen molar-refractivity contribution in [3.05, 3.63) is 52.9 Å². The summed E-state index contributed by atoms with van der Waals surface area (Å²) in [5.41, 5.74) is 1.90. The smallest absolute Gasteiger partial charge is 0.276 e. The first-order valence-corrected chi connectivity index (χ1v) is 9.78. The maximum Gasteiger partial charge on any atom is 0.276 e. The number of halogens is 1. The quantitative estimate of drug-likeness (QED) is 0.687. The second kappa shape index (κ2) is 6.97. The molecule has 0 bridgehead atoms. The molecule has 0 saturated carbocycles. The number of hydrogen-bond acceptors (Lipinski definition) is 6. The Balaban J connectivity index is 2.00. The number of carbonyl (C=O) groups is 1. The first kappa shape index (κ1) is 18.2. The number of aryl methyl sites for hydroxylation is 1. The highest BCUT2D eigenvalue weighted by Gasteiger charge is 2.21. The molecule has 2 aromatic heterocycles. The van der Waals surface area contributed by atoms with Crippen molar-refractivity contribution in [2.24, 2.45) is 0 Å². The summed E-state index contributed by atoms with van der Waals surface area (Å²) < 4.78 is 23.9. The highest BCUT2D eigenvalue weighted by atomic mass is 35.5. The van der Waals surface area contributed by atoms with Crippen LogP contribution in [0.25, 0.3) is 10.9 Å². The van der Waals surface area contributed by atoms with Gasteiger partial charge in [0.05, 0.1) is 28.2 Å². The second-order valence-electron chi connectivity index (χ2n) is 5.53. The summed E-state index contributed by atoms with van der Waals surface area (Å²) in [6.07, 6.45) is 1.11. The van der Waals surface area contributed by atoms with Crippen molar-refractivity contribution in [1.82, 2.24) is 15.0 Å². The zero-order valence-electron chi connectivity index (χ0n) is 14.0. The number of sulfone groups is 1. The summed E-state index contributed by atoms with van der Waals surface area (Å²) in [4.78, 5) is 24.6. The van der Waals surface area contributed by atoms with E-state index in [1.807, 2.05) is 25.1 Å². The molecule has 0 atom stereocenters. The van der Waals surface area contributed by atoms with Gasteiger partial charge in [0.2, 0.25) is 15.0 Å². The van der Waals surface area contributed by atoms with Gasteiger partial charge >= 0.3 is 0 Å². The lowest BCUT2D eigenvalue weighted by Crippen LogP contribution is -2.18. The van der Waals surface area contributed by atoms with Crippen molar-refractivity contribution in [1.29, 1.82) is 0 Å². The number of aromatic nitrogens is 3. The molecule has 7 nitrogen and oxygen atoms in total. The molecule has 26 heavy (non-hydrogen) atoms. The van der Waals surface area contributed by atoms with Crippen molar-refractivity contribution in [2.45, 2.75) is 19.0 Å². The Bertz CT molecular complexity index is 1120. The molecule has 0 fully saturated rings. The molecule has 3 aromatic rings. The Morgan fingerprint density at radius 1 is 1.19 bits per heavy atom. The number of nitrogens with zero attached hydrogens (tertiary/aromatic N) is 3. The van der Waals surface area contributed by atoms with Gasteiger partial charge in [0.15, 0.2) is 5.69 Å². The van der Waals surface area contributed by atoms with Crippen LogP contribution in [0.15, 0.2) is 41.7 Å². The van der Waals surface area contributed by atoms with E-state index in [9.17, 15) is 13.2 Å². The lowest BCUT2D eigenvalue weighted by Gasteiger charge is -2.10. The first-order valence-electron chi connectivity index (χ1n) is 7.75. The number of benzene rings is 1. The Morgan fingerprint density at radius 3 is 2.69 bits per heavy atom. The third-order valence-electron chi connectivity index (χ3n) is 3.71. The van der Waals surface area contributed by atoms with Crippen molar-refractivity contribution >= 4 is 43.9 Å². The first-order chi connectivity index (χ1) is 12.3. The minimum absolute atomic E-state index is 0.0354. The van der Waals surface area contributed by atoms with Gasteiger partial charge in [0.25, 0.3) is 5.91 Å². The van der Waals surface area contributed by atoms with Gasteiger partial charge in [-0.15, -0.1) is 0 Å². The van der Waals surface area contributed by atoms with E-state index in [0.717, 1.165) is 22.8 Å². The van der Waals surface area contributed by atoms with Gasteiger partial charge in [0, 0.05) is 11.1 Å². The maximum absolute atomic E-state index is 12.6. The average molecular weight is 391 g/mol. The zero-order chi connectivity index (χ0) is 18.9. The van der Waals surface area contributed by atoms with Gasteiger partial charge in [-0.25, -0.2) is 18.4 Å². The summed E-state index contributed by atoms with van der Waals surface area (Å²) in [6.45, 7) is 3.35. The molecule has 0 spiro atoms. The highest BCUT2D eigenvalue weighted by molar-refractivity contribution is 7.91. The van der Waals surface area contributed by atoms with Crippen molar-refractivity contribution in [2.75, 3.05) is 11.1 Å². The standard InChI is InChI=1S/C17H15ClN4O3S/c1-3-26(24,25)17-19-9-12(18)15(22-17)16(23)21-14-6-4-5-13-11(14)8-7-10(2)20-13/h4-9H,3H2,1-2H3,(H,21,23). The number of hydrogen-bond donors (Lipinski definition) is 1. The van der Waals surface area contributed by atoms with E-state index in [2.05, 4.69) is 20.3 Å². The molecule has 0 aliphatic carbocycles. The fourth-order valence-electron chi connectivity index (χ4n) is 2.34. The van der Waals surface area contributed by atoms with Gasteiger partial charge in [-0.1, -0.05) is 24.6 Å². The van der Waals surface area contributed by atoms with Crippen LogP contribution in [0.1, 0.15) is 23.1 Å². The van der Waals surface area contributed by atoms with E-state index in [1.165, 1.54) is 6.92 Å². The van der Waals surface area contributed by atoms with E-state index >= 15 is 0 Å². The van der Waals surface area contributed by atoms with E-state index in [0.29, 0.717) is 5.69 Å². The third-order valence-corrected chi connectivity index (χ3v) is 5.50. The molecule has 2 heterocycles. The number of anilines is 1. The fraction of sp³-hybridized carbons (Fsp3) is 0.176. The largest absolute Gasteiger partial charge is 0.320 e. The number of pyridine rings is 1. The molecule has 0 aliphatic heterocycles. The molecule has 0 unspecified atom stereocenters. The number of fused-ring (bicyclic) bond motifs is 1. The lowest BCUT2D eigenvalue weighted by atomic mass is 10.1. The Morgan fingerprint density at radius 2 is 1.96 bits per heavy atom. The Labute approximate surface area is 155 Å². The topological polar surface area (TPSA) is 102 Å². The molecule has 134 valence electrons. The Kier molecular flexibility index (Phi) is 4.88. The van der Waals surface area contributed by atoms with Crippen LogP contribution >= 0.6 is 11.6 Å². The molecule has 1 N–H and O–H groups in total. The van der Waals surface area contributed by atoms with E-state index in [1.54, 1.807) is 12.1 Å². The fourth-order valence-corrected chi connectivity index (χ4v) is 3.22. The number of rotatable bonds is 4. The normalized spacial score (nSPS) is 11.5. The van der Waals surface area contributed by atoms with Crippen LogP contribution in [0.2, 0.25) is 5.02 Å². The summed E-state index contributed by atoms with van der Waals surface area (Å²) in [7, 11) is -3.65. The summed E-state index contributed by atoms with van der Waals surface area (Å²) in [5, 5.41) is 3.00. The molecular weight excluding hydrogens is 376 g/mol. The predicted molar refractivity (Wildman–Crippen MR) is 99.2 cm³/mol. The molecule has 1 amide bonds. The minimum Gasteiger partial charge on any atom is -0.320 e. The molecule has 0 radical (unpaired) electrons. The minimum atomic E-state index is -3.65. The average Bonchev–Trinajstić information content (AvgIpc) is 2.61. The lowest BCUT2D eigenvalue weighted by molar-refractivity contribution is 0.102. The van der Waals surface area contributed by atoms with Crippen LogP contribution in [0.3, 0.4) is 0 Å². The Hall–Kier alpha value is -2.58. The summed E-state index contributed by atoms with van der Waals surface area (Å²) >= 11 is 6.00. The van der Waals surface area contributed by atoms with E-state index in [4.69, 9.17) is 11.6 Å². The van der Waals surface area contributed by atoms with Crippen molar-refractivity contribution in [3.63, 3.8) is 0 Å². The van der Waals surface area contributed by atoms with Crippen LogP contribution in [-0.2, 0) is 9.84 Å². The summed E-state index contributed by atoms with van der Waals surface area (Å²) in [5.74, 6) is -0.803. The van der Waals surface area contributed by atoms with Crippen LogP contribution in [0.4, 0.5) is 5.69 Å². The monoisotopic (exact) mass is 390 g/mol. The van der Waals surface area contributed by atoms with Gasteiger partial charge in [-0.3, -0.25) is 9.78 Å². The van der Waals surface area contributed by atoms with Gasteiger partial charge < -0.3 is 5.32 Å². The molecule has 3 rings (SSSR count). The molecule has 0 saturated heterocycles. The summed E-state index contributed by atoms with van der Waals surface area (Å²) in [6, 6.07) is 9.00. The van der Waals surface area contributed by atoms with Crippen LogP contribution in [-0.4, -0.2) is 35.0 Å². The second-order valence-corrected chi connectivity index (χ2v) is 8.11. The predicted octanol–water partition coefficient (Wildman–Crippen LogP) is 3.03. The van der Waals surface area contributed by atoms with Crippen LogP contribution < -0.4 is 5.32 Å². The van der Waals surface area contributed by atoms with Crippen molar-refractivity contribution < 1.29 is 13.2 Å². The van der Waals surface area contributed by atoms with E-state index < -0.39 is 20.9 Å². The highest BCUT2D eigenvalue weighted by Crippen LogP contribution is 2.24. The van der Waals surface area contributed by atoms with E-state index in [-0.39, 0.29) is 16.5 Å². The molecule has 9 heteroatoms. The molecule has 0 aliphatic rings. The molecular formula is C17H15ClN4O3S. The zero-order valence-corrected chi connectivity index (χ0v) is 15.6. The van der Waals surface area contributed by atoms with Crippen LogP contribution in [0, 0.1) is 6.92 Å². The number of amides is 1. The van der Waals surface area contributed by atoms with Gasteiger partial charge in [0.1, 0.15) is 0 Å². The number of nitrogens with one attached hydrogen (secondary N) is 1. The van der Waals surface area contributed by atoms with Crippen molar-refractivity contribution in [3.8, 4) is 0 Å². The van der Waals surface area contributed by atoms with Gasteiger partial charge in [-0.05, 0) is 31.2 Å². The van der Waals surface area contributed by atoms with Gasteiger partial charge in [-0.2, -0.15) is 0 Å². The number of carbonyl (C=O) groups excluding carboxylic acids is 1. The molecule has 1 aromatic carbocycles. The maximum atomic E-state index is 12.6. The third kappa shape index (κ3) is 3.51. The SMILES string of the molecule is CCS(=O)(=O)c1ncc(Cl)c(C(=O)Nc2cccc3nc(C)ccc23)n1.